The Hall–Kier alpha value is -1.77. The van der Waals surface area contributed by atoms with E-state index in [1.54, 1.807) is 0 Å². The molecule has 45 heavy (non-hydrogen) atoms. The van der Waals surface area contributed by atoms with Crippen LogP contribution < -0.4 is 0 Å². The van der Waals surface area contributed by atoms with Gasteiger partial charge in [0.25, 0.3) is 0 Å². The van der Waals surface area contributed by atoms with Crippen LogP contribution in [-0.2, 0) is 32.9 Å². The van der Waals surface area contributed by atoms with Gasteiger partial charge in [0.15, 0.2) is 6.10 Å². The molecule has 260 valence electrons. The maximum absolute atomic E-state index is 12.4. The van der Waals surface area contributed by atoms with Crippen LogP contribution in [0.3, 0.4) is 0 Å². The summed E-state index contributed by atoms with van der Waals surface area (Å²) in [6.45, 7) is 3.54. The Bertz CT molecular complexity index is 896. The van der Waals surface area contributed by atoms with Gasteiger partial charge < -0.3 is 24.0 Å². The number of carbonyl (C=O) groups excluding carboxylic acids is 2. The maximum atomic E-state index is 12.4. The number of allylic oxidation sites excluding steroid dienone is 5. The summed E-state index contributed by atoms with van der Waals surface area (Å²) < 4.78 is 31.9. The van der Waals surface area contributed by atoms with Gasteiger partial charge in [-0.2, -0.15) is 0 Å². The first kappa shape index (κ1) is 41.3. The number of rotatable bonds is 30. The van der Waals surface area contributed by atoms with Crippen LogP contribution in [0.5, 0.6) is 0 Å². The lowest BCUT2D eigenvalue weighted by atomic mass is 10.1. The normalized spacial score (nSPS) is 17.4. The number of epoxide rings is 1. The third-order valence-corrected chi connectivity index (χ3v) is 8.07. The van der Waals surface area contributed by atoms with Gasteiger partial charge in [0, 0.05) is 12.8 Å². The molecule has 1 heterocycles. The fourth-order valence-corrected chi connectivity index (χ4v) is 5.23. The Morgan fingerprint density at radius 1 is 0.711 bits per heavy atom. The Kier molecular flexibility index (Phi) is 25.1. The molecule has 1 aliphatic rings. The number of carbonyl (C=O) groups is 2. The zero-order valence-corrected chi connectivity index (χ0v) is 28.8. The van der Waals surface area contributed by atoms with Crippen molar-refractivity contribution in [3.63, 3.8) is 0 Å². The molecule has 9 nitrogen and oxygen atoms in total. The van der Waals surface area contributed by atoms with E-state index >= 15 is 0 Å². The molecule has 0 spiro atoms. The summed E-state index contributed by atoms with van der Waals surface area (Å²) in [5.74, 6) is -0.966. The van der Waals surface area contributed by atoms with Gasteiger partial charge in [-0.15, -0.1) is 0 Å². The molecule has 1 aliphatic heterocycles. The van der Waals surface area contributed by atoms with Gasteiger partial charge in [0.05, 0.1) is 18.8 Å². The highest BCUT2D eigenvalue weighted by Gasteiger charge is 2.36. The van der Waals surface area contributed by atoms with Crippen molar-refractivity contribution < 1.29 is 42.7 Å². The first-order valence-corrected chi connectivity index (χ1v) is 18.9. The molecular weight excluding hydrogens is 595 g/mol. The van der Waals surface area contributed by atoms with Crippen molar-refractivity contribution in [2.75, 3.05) is 13.2 Å². The van der Waals surface area contributed by atoms with Crippen molar-refractivity contribution in [1.29, 1.82) is 0 Å². The molecule has 0 bridgehead atoms. The molecule has 0 aliphatic carbocycles. The fraction of sp³-hybridized carbons (Fsp3) is 0.771. The number of esters is 2. The van der Waals surface area contributed by atoms with Crippen LogP contribution in [0.2, 0.25) is 0 Å². The first-order valence-electron chi connectivity index (χ1n) is 17.4. The van der Waals surface area contributed by atoms with Crippen molar-refractivity contribution >= 4 is 19.8 Å². The quantitative estimate of drug-likeness (QED) is 0.0256. The number of unbranched alkanes of at least 4 members (excludes halogenated alkanes) is 11. The summed E-state index contributed by atoms with van der Waals surface area (Å²) in [7, 11) is -4.77. The van der Waals surface area contributed by atoms with Gasteiger partial charge in [-0.25, -0.2) is 4.57 Å². The highest BCUT2D eigenvalue weighted by Crippen LogP contribution is 2.36. The van der Waals surface area contributed by atoms with Gasteiger partial charge in [-0.3, -0.25) is 14.1 Å². The second-order valence-electron chi connectivity index (χ2n) is 11.9. The molecule has 2 unspecified atom stereocenters. The van der Waals surface area contributed by atoms with E-state index in [1.807, 2.05) is 0 Å². The van der Waals surface area contributed by atoms with Gasteiger partial charge >= 0.3 is 19.8 Å². The average Bonchev–Trinajstić information content (AvgIpc) is 3.75. The number of phosphoric acid groups is 1. The molecule has 0 amide bonds. The van der Waals surface area contributed by atoms with Crippen LogP contribution in [0.4, 0.5) is 0 Å². The van der Waals surface area contributed by atoms with Crippen molar-refractivity contribution in [2.45, 2.75) is 161 Å². The van der Waals surface area contributed by atoms with E-state index in [0.29, 0.717) is 12.8 Å². The van der Waals surface area contributed by atoms with E-state index in [0.717, 1.165) is 51.4 Å². The van der Waals surface area contributed by atoms with Crippen molar-refractivity contribution in [2.24, 2.45) is 0 Å². The van der Waals surface area contributed by atoms with E-state index in [-0.39, 0.29) is 31.7 Å². The largest absolute Gasteiger partial charge is 0.469 e. The Labute approximate surface area is 272 Å². The zero-order chi connectivity index (χ0) is 33.0. The van der Waals surface area contributed by atoms with E-state index in [2.05, 4.69) is 54.8 Å². The molecule has 1 fully saturated rings. The molecule has 0 radical (unpaired) electrons. The summed E-state index contributed by atoms with van der Waals surface area (Å²) in [5.41, 5.74) is 0. The van der Waals surface area contributed by atoms with E-state index in [9.17, 15) is 14.2 Å². The summed E-state index contributed by atoms with van der Waals surface area (Å²) in [4.78, 5) is 42.6. The lowest BCUT2D eigenvalue weighted by molar-refractivity contribution is -0.161. The zero-order valence-electron chi connectivity index (χ0n) is 28.0. The molecule has 10 heteroatoms. The molecular formula is C35H61O9P. The minimum atomic E-state index is -4.77. The summed E-state index contributed by atoms with van der Waals surface area (Å²) >= 11 is 0. The van der Waals surface area contributed by atoms with Gasteiger partial charge in [-0.05, 0) is 51.4 Å². The topological polar surface area (TPSA) is 132 Å². The second-order valence-corrected chi connectivity index (χ2v) is 13.1. The van der Waals surface area contributed by atoms with Crippen LogP contribution in [0.1, 0.15) is 142 Å². The SMILES string of the molecule is CCCCC/C=C\C/C=C\C/C=C\CC1OC1CCCC(=O)O[C@H](COC(=O)CCCCCCCCCCC)COP(=O)(O)O. The number of ether oxygens (including phenoxy) is 3. The number of phosphoric ester groups is 1. The standard InChI is InChI=1S/C35H61O9P/c1-3-5-7-9-11-13-14-15-17-18-20-22-25-32-33(44-32)26-24-28-35(37)43-31(30-42-45(38,39)40)29-41-34(36)27-23-21-19-16-12-10-8-6-4-2/h11,13,15,17,20,22,31-33H,3-10,12,14,16,18-19,21,23-30H2,1-2H3,(H2,38,39,40)/b13-11-,17-15-,22-20-/t31-,32?,33?/m1/s1. The van der Waals surface area contributed by atoms with Gasteiger partial charge in [-0.1, -0.05) is 115 Å². The first-order chi connectivity index (χ1) is 21.7. The second kappa shape index (κ2) is 27.4. The van der Waals surface area contributed by atoms with E-state index < -0.39 is 32.5 Å². The van der Waals surface area contributed by atoms with E-state index in [4.69, 9.17) is 24.0 Å². The molecule has 1 rings (SSSR count). The monoisotopic (exact) mass is 656 g/mol. The molecule has 0 saturated carbocycles. The molecule has 0 aromatic carbocycles. The van der Waals surface area contributed by atoms with E-state index in [1.165, 1.54) is 51.4 Å². The Morgan fingerprint density at radius 2 is 1.29 bits per heavy atom. The van der Waals surface area contributed by atoms with Crippen molar-refractivity contribution in [3.8, 4) is 0 Å². The Morgan fingerprint density at radius 3 is 1.96 bits per heavy atom. The predicted molar refractivity (Wildman–Crippen MR) is 179 cm³/mol. The van der Waals surface area contributed by atoms with Crippen LogP contribution >= 0.6 is 7.82 Å². The molecule has 1 saturated heterocycles. The van der Waals surface area contributed by atoms with Crippen molar-refractivity contribution in [3.05, 3.63) is 36.5 Å². The van der Waals surface area contributed by atoms with Crippen molar-refractivity contribution in [1.82, 2.24) is 0 Å². The highest BCUT2D eigenvalue weighted by molar-refractivity contribution is 7.46. The van der Waals surface area contributed by atoms with Crippen LogP contribution in [-0.4, -0.2) is 53.3 Å². The summed E-state index contributed by atoms with van der Waals surface area (Å²) in [6, 6.07) is 0. The molecule has 2 N–H and O–H groups in total. The van der Waals surface area contributed by atoms with Gasteiger partial charge in [0.1, 0.15) is 6.61 Å². The highest BCUT2D eigenvalue weighted by atomic mass is 31.2. The van der Waals surface area contributed by atoms with Crippen LogP contribution in [0, 0.1) is 0 Å². The third kappa shape index (κ3) is 27.1. The molecule has 0 aromatic heterocycles. The molecule has 0 aromatic rings. The minimum Gasteiger partial charge on any atom is -0.462 e. The lowest BCUT2D eigenvalue weighted by Crippen LogP contribution is -2.29. The fourth-order valence-electron chi connectivity index (χ4n) is 4.87. The smallest absolute Gasteiger partial charge is 0.462 e. The number of hydrogen-bond donors (Lipinski definition) is 2. The maximum Gasteiger partial charge on any atom is 0.469 e. The van der Waals surface area contributed by atoms with Gasteiger partial charge in [0.2, 0.25) is 0 Å². The number of hydrogen-bond acceptors (Lipinski definition) is 7. The minimum absolute atomic E-state index is 0.117. The summed E-state index contributed by atoms with van der Waals surface area (Å²) in [6.07, 6.45) is 31.8. The molecule has 3 atom stereocenters. The van der Waals surface area contributed by atoms with Crippen LogP contribution in [0.15, 0.2) is 36.5 Å². The van der Waals surface area contributed by atoms with Crippen LogP contribution in [0.25, 0.3) is 0 Å². The Balaban J connectivity index is 2.19. The summed E-state index contributed by atoms with van der Waals surface area (Å²) in [5, 5.41) is 0. The predicted octanol–water partition coefficient (Wildman–Crippen LogP) is 8.83. The average molecular weight is 657 g/mol. The lowest BCUT2D eigenvalue weighted by Gasteiger charge is -2.18. The third-order valence-electron chi connectivity index (χ3n) is 7.59.